The van der Waals surface area contributed by atoms with E-state index in [0.717, 1.165) is 80.2 Å². The summed E-state index contributed by atoms with van der Waals surface area (Å²) in [7, 11) is 5.20. The molecule has 1 aliphatic heterocycles. The van der Waals surface area contributed by atoms with Crippen molar-refractivity contribution in [3.63, 3.8) is 0 Å². The Bertz CT molecular complexity index is 1720. The van der Waals surface area contributed by atoms with Crippen molar-refractivity contribution in [2.45, 2.75) is 25.3 Å². The fourth-order valence-corrected chi connectivity index (χ4v) is 6.44. The average Bonchev–Trinajstić information content (AvgIpc) is 3.68. The van der Waals surface area contributed by atoms with Crippen LogP contribution in [0.1, 0.15) is 40.2 Å². The molecule has 1 atom stereocenters. The highest BCUT2D eigenvalue weighted by atomic mass is 16.5. The largest absolute Gasteiger partial charge is 0.493 e. The number of aromatic nitrogens is 2. The Hall–Kier alpha value is -4.76. The Morgan fingerprint density at radius 2 is 1.74 bits per heavy atom. The van der Waals surface area contributed by atoms with Crippen molar-refractivity contribution in [1.82, 2.24) is 19.4 Å². The lowest BCUT2D eigenvalue weighted by atomic mass is 9.94. The number of furan rings is 1. The monoisotopic (exact) mass is 621 g/mol. The SMILES string of the molecule is COc1ccc(C(CCN2CCCN(c3nc4ccccc4n3Cc3ccoc3)CC2)CN(C)C(=O)c2ccccc2)cc1OC. The molecule has 0 spiro atoms. The van der Waals surface area contributed by atoms with Crippen LogP contribution < -0.4 is 14.4 Å². The summed E-state index contributed by atoms with van der Waals surface area (Å²) in [5.41, 5.74) is 5.09. The number of carbonyl (C=O) groups excluding carboxylic acids is 1. The second-order valence-electron chi connectivity index (χ2n) is 12.0. The third-order valence-corrected chi connectivity index (χ3v) is 8.96. The third-order valence-electron chi connectivity index (χ3n) is 8.96. The molecule has 1 fully saturated rings. The first-order chi connectivity index (χ1) is 22.5. The second-order valence-corrected chi connectivity index (χ2v) is 12.0. The summed E-state index contributed by atoms with van der Waals surface area (Å²) < 4.78 is 18.8. The Balaban J connectivity index is 1.17. The maximum atomic E-state index is 13.3. The van der Waals surface area contributed by atoms with Gasteiger partial charge < -0.3 is 33.2 Å². The number of methoxy groups -OCH3 is 2. The van der Waals surface area contributed by atoms with Crippen molar-refractivity contribution >= 4 is 22.9 Å². The highest BCUT2D eigenvalue weighted by molar-refractivity contribution is 5.94. The van der Waals surface area contributed by atoms with E-state index in [4.69, 9.17) is 18.9 Å². The van der Waals surface area contributed by atoms with Crippen molar-refractivity contribution in [2.75, 3.05) is 65.4 Å². The van der Waals surface area contributed by atoms with Gasteiger partial charge >= 0.3 is 0 Å². The maximum Gasteiger partial charge on any atom is 0.253 e. The molecule has 1 unspecified atom stereocenters. The number of fused-ring (bicyclic) bond motifs is 1. The van der Waals surface area contributed by atoms with Gasteiger partial charge in [0.2, 0.25) is 5.95 Å². The average molecular weight is 622 g/mol. The predicted molar refractivity (Wildman–Crippen MR) is 181 cm³/mol. The van der Waals surface area contributed by atoms with Gasteiger partial charge in [-0.05, 0) is 74.0 Å². The molecular formula is C37H43N5O4. The van der Waals surface area contributed by atoms with Crippen molar-refractivity contribution < 1.29 is 18.7 Å². The molecule has 1 aliphatic rings. The first-order valence-corrected chi connectivity index (χ1v) is 16.0. The van der Waals surface area contributed by atoms with E-state index in [1.54, 1.807) is 20.5 Å². The summed E-state index contributed by atoms with van der Waals surface area (Å²) in [5, 5.41) is 0. The number of benzene rings is 3. The van der Waals surface area contributed by atoms with Gasteiger partial charge in [-0.15, -0.1) is 0 Å². The van der Waals surface area contributed by atoms with Gasteiger partial charge in [-0.2, -0.15) is 0 Å². The van der Waals surface area contributed by atoms with Crippen LogP contribution in [-0.2, 0) is 6.54 Å². The van der Waals surface area contributed by atoms with E-state index in [2.05, 4.69) is 44.7 Å². The highest BCUT2D eigenvalue weighted by Gasteiger charge is 2.24. The van der Waals surface area contributed by atoms with Crippen LogP contribution in [0.3, 0.4) is 0 Å². The number of ether oxygens (including phenoxy) is 2. The van der Waals surface area contributed by atoms with Gasteiger partial charge in [-0.25, -0.2) is 4.98 Å². The number of imidazole rings is 1. The number of nitrogens with zero attached hydrogens (tertiary/aromatic N) is 5. The molecule has 3 aromatic carbocycles. The molecule has 1 amide bonds. The first kappa shape index (κ1) is 31.2. The van der Waals surface area contributed by atoms with Gasteiger partial charge in [0.05, 0.1) is 44.3 Å². The summed E-state index contributed by atoms with van der Waals surface area (Å²) in [6, 6.07) is 26.0. The highest BCUT2D eigenvalue weighted by Crippen LogP contribution is 2.33. The standard InChI is InChI=1S/C37H43N5O4/c1-39(36(43)29-10-5-4-6-11-29)26-31(30-14-15-34(44-2)35(24-30)45-3)16-20-40-18-9-19-41(22-21-40)37-38-32-12-7-8-13-33(32)42(37)25-28-17-23-46-27-28/h4-8,10-15,17,23-24,27,31H,9,16,18-22,25-26H2,1-3H3. The van der Waals surface area contributed by atoms with E-state index in [9.17, 15) is 4.79 Å². The smallest absolute Gasteiger partial charge is 0.253 e. The van der Waals surface area contributed by atoms with Gasteiger partial charge in [0.25, 0.3) is 5.91 Å². The lowest BCUT2D eigenvalue weighted by molar-refractivity contribution is 0.0782. The molecule has 5 aromatic rings. The number of likely N-dealkylation sites (N-methyl/N-ethyl adjacent to an activating group) is 1. The minimum absolute atomic E-state index is 0.0230. The van der Waals surface area contributed by atoms with Crippen LogP contribution in [0, 0.1) is 0 Å². The first-order valence-electron chi connectivity index (χ1n) is 16.0. The van der Waals surface area contributed by atoms with Gasteiger partial charge in [0.1, 0.15) is 0 Å². The van der Waals surface area contributed by atoms with Crippen molar-refractivity contribution in [3.05, 3.63) is 108 Å². The maximum absolute atomic E-state index is 13.3. The molecule has 3 heterocycles. The summed E-state index contributed by atoms with van der Waals surface area (Å²) in [5.74, 6) is 2.55. The lowest BCUT2D eigenvalue weighted by Crippen LogP contribution is -2.35. The molecular weight excluding hydrogens is 578 g/mol. The topological polar surface area (TPSA) is 76.2 Å². The number of hydrogen-bond donors (Lipinski definition) is 0. The summed E-state index contributed by atoms with van der Waals surface area (Å²) in [6.07, 6.45) is 5.48. The molecule has 46 heavy (non-hydrogen) atoms. The third kappa shape index (κ3) is 7.05. The van der Waals surface area contributed by atoms with Crippen molar-refractivity contribution in [2.24, 2.45) is 0 Å². The fourth-order valence-electron chi connectivity index (χ4n) is 6.44. The minimum atomic E-state index is 0.0230. The van der Waals surface area contributed by atoms with E-state index in [1.165, 1.54) is 0 Å². The second kappa shape index (κ2) is 14.6. The summed E-state index contributed by atoms with van der Waals surface area (Å²) in [6.45, 7) is 6.02. The predicted octanol–water partition coefficient (Wildman–Crippen LogP) is 6.15. The molecule has 0 N–H and O–H groups in total. The van der Waals surface area contributed by atoms with Crippen LogP contribution in [0.15, 0.2) is 95.8 Å². The molecule has 0 aliphatic carbocycles. The lowest BCUT2D eigenvalue weighted by Gasteiger charge is -2.28. The zero-order valence-corrected chi connectivity index (χ0v) is 27.0. The molecule has 6 rings (SSSR count). The molecule has 240 valence electrons. The van der Waals surface area contributed by atoms with Gasteiger partial charge in [-0.1, -0.05) is 36.4 Å². The molecule has 9 heteroatoms. The fraction of sp³-hybridized carbons (Fsp3) is 0.351. The van der Waals surface area contributed by atoms with Gasteiger partial charge in [0.15, 0.2) is 11.5 Å². The van der Waals surface area contributed by atoms with E-state index in [-0.39, 0.29) is 11.8 Å². The Labute approximate surface area is 270 Å². The molecule has 0 bridgehead atoms. The number of rotatable bonds is 12. The normalized spacial score (nSPS) is 14.6. The van der Waals surface area contributed by atoms with Gasteiger partial charge in [0, 0.05) is 50.3 Å². The van der Waals surface area contributed by atoms with Crippen LogP contribution in [0.4, 0.5) is 5.95 Å². The summed E-state index contributed by atoms with van der Waals surface area (Å²) >= 11 is 0. The number of para-hydroxylation sites is 2. The molecule has 2 aromatic heterocycles. The molecule has 9 nitrogen and oxygen atoms in total. The number of anilines is 1. The van der Waals surface area contributed by atoms with Crippen LogP contribution in [0.25, 0.3) is 11.0 Å². The van der Waals surface area contributed by atoms with E-state index < -0.39 is 0 Å². The Kier molecular flexibility index (Phi) is 9.88. The van der Waals surface area contributed by atoms with E-state index in [0.29, 0.717) is 23.6 Å². The van der Waals surface area contributed by atoms with Crippen LogP contribution >= 0.6 is 0 Å². The van der Waals surface area contributed by atoms with Crippen LogP contribution in [0.5, 0.6) is 11.5 Å². The number of amides is 1. The van der Waals surface area contributed by atoms with Crippen molar-refractivity contribution in [3.8, 4) is 11.5 Å². The van der Waals surface area contributed by atoms with E-state index in [1.807, 2.05) is 66.7 Å². The van der Waals surface area contributed by atoms with Gasteiger partial charge in [-0.3, -0.25) is 4.79 Å². The minimum Gasteiger partial charge on any atom is -0.493 e. The van der Waals surface area contributed by atoms with Crippen LogP contribution in [0.2, 0.25) is 0 Å². The van der Waals surface area contributed by atoms with Crippen LogP contribution in [-0.4, -0.2) is 85.8 Å². The molecule has 1 saturated heterocycles. The molecule has 0 saturated carbocycles. The summed E-state index contributed by atoms with van der Waals surface area (Å²) in [4.78, 5) is 25.2. The quantitative estimate of drug-likeness (QED) is 0.165. The zero-order chi connectivity index (χ0) is 31.9. The zero-order valence-electron chi connectivity index (χ0n) is 27.0. The Morgan fingerprint density at radius 1 is 0.935 bits per heavy atom. The number of carbonyl (C=O) groups is 1. The number of hydrogen-bond acceptors (Lipinski definition) is 7. The Morgan fingerprint density at radius 3 is 2.52 bits per heavy atom. The molecule has 0 radical (unpaired) electrons. The van der Waals surface area contributed by atoms with Crippen molar-refractivity contribution in [1.29, 1.82) is 0 Å². The van der Waals surface area contributed by atoms with E-state index >= 15 is 0 Å².